The van der Waals surface area contributed by atoms with Crippen LogP contribution in [0.5, 0.6) is 11.5 Å². The van der Waals surface area contributed by atoms with Gasteiger partial charge in [-0.3, -0.25) is 0 Å². The Kier molecular flexibility index (Phi) is 5.39. The summed E-state index contributed by atoms with van der Waals surface area (Å²) in [6.45, 7) is 8.16. The molecule has 0 atom stereocenters. The first-order chi connectivity index (χ1) is 10.7. The van der Waals surface area contributed by atoms with Gasteiger partial charge < -0.3 is 18.8 Å². The zero-order chi connectivity index (χ0) is 17.3. The Morgan fingerprint density at radius 1 is 1.04 bits per heavy atom. The summed E-state index contributed by atoms with van der Waals surface area (Å²) < 4.78 is 22.8. The van der Waals surface area contributed by atoms with E-state index in [-0.39, 0.29) is 11.2 Å². The molecule has 1 aromatic carbocycles. The van der Waals surface area contributed by atoms with Crippen LogP contribution < -0.4 is 9.47 Å². The number of methoxy groups -OCH3 is 2. The van der Waals surface area contributed by atoms with Crippen LogP contribution in [0.4, 0.5) is 0 Å². The van der Waals surface area contributed by atoms with E-state index in [1.54, 1.807) is 14.2 Å². The fraction of sp³-hybridized carbons (Fsp3) is 0.529. The lowest BCUT2D eigenvalue weighted by Gasteiger charge is -2.32. The highest BCUT2D eigenvalue weighted by atomic mass is 32.1. The number of hydrogen-bond acceptors (Lipinski definition) is 5. The van der Waals surface area contributed by atoms with Gasteiger partial charge in [0.25, 0.3) is 0 Å². The zero-order valence-corrected chi connectivity index (χ0v) is 15.6. The third-order valence-electron chi connectivity index (χ3n) is 4.46. The smallest absolute Gasteiger partial charge is 0.491 e. The maximum atomic E-state index is 6.10. The van der Waals surface area contributed by atoms with Crippen LogP contribution in [-0.4, -0.2) is 38.3 Å². The van der Waals surface area contributed by atoms with Gasteiger partial charge in [-0.05, 0) is 50.9 Å². The normalized spacial score (nSPS) is 19.8. The van der Waals surface area contributed by atoms with E-state index < -0.39 is 7.12 Å². The van der Waals surface area contributed by atoms with Crippen LogP contribution in [0, 0.1) is 0 Å². The summed E-state index contributed by atoms with van der Waals surface area (Å²) in [5, 5.41) is 0. The molecule has 1 aromatic rings. The summed E-state index contributed by atoms with van der Waals surface area (Å²) in [5.41, 5.74) is 1.18. The molecule has 0 aromatic heterocycles. The molecule has 0 radical (unpaired) electrons. The highest BCUT2D eigenvalue weighted by Crippen LogP contribution is 2.39. The summed E-state index contributed by atoms with van der Waals surface area (Å²) in [6.07, 6.45) is 2.01. The second-order valence-corrected chi connectivity index (χ2v) is 6.93. The molecule has 1 aliphatic rings. The van der Waals surface area contributed by atoms with Gasteiger partial charge in [0, 0.05) is 11.8 Å². The van der Waals surface area contributed by atoms with E-state index in [4.69, 9.17) is 18.8 Å². The van der Waals surface area contributed by atoms with Crippen LogP contribution in [0.1, 0.15) is 33.3 Å². The fourth-order valence-corrected chi connectivity index (χ4v) is 2.55. The molecule has 0 aliphatic carbocycles. The number of ether oxygens (including phenoxy) is 2. The number of rotatable bonds is 5. The molecule has 2 rings (SSSR count). The molecular formula is C17H25BO4S. The SMILES string of the molecule is COc1cc(C=C(CS)B2OC(C)(C)C(C)(C)O2)cc(OC)c1. The first-order valence-electron chi connectivity index (χ1n) is 7.62. The Labute approximate surface area is 144 Å². The van der Waals surface area contributed by atoms with E-state index in [1.807, 2.05) is 52.0 Å². The molecule has 4 nitrogen and oxygen atoms in total. The minimum atomic E-state index is -0.408. The van der Waals surface area contributed by atoms with Gasteiger partial charge in [-0.1, -0.05) is 6.08 Å². The minimum Gasteiger partial charge on any atom is -0.497 e. The molecule has 0 bridgehead atoms. The molecule has 0 amide bonds. The highest BCUT2D eigenvalue weighted by molar-refractivity contribution is 7.80. The molecule has 1 saturated heterocycles. The quantitative estimate of drug-likeness (QED) is 0.658. The first kappa shape index (κ1) is 18.2. The van der Waals surface area contributed by atoms with Gasteiger partial charge in [0.1, 0.15) is 11.5 Å². The number of benzene rings is 1. The average Bonchev–Trinajstić information content (AvgIpc) is 2.72. The monoisotopic (exact) mass is 336 g/mol. The third-order valence-corrected chi connectivity index (χ3v) is 4.83. The van der Waals surface area contributed by atoms with Crippen molar-refractivity contribution in [2.24, 2.45) is 0 Å². The highest BCUT2D eigenvalue weighted by Gasteiger charge is 2.52. The Hall–Kier alpha value is -1.11. The number of hydrogen-bond donors (Lipinski definition) is 1. The van der Waals surface area contributed by atoms with Gasteiger partial charge >= 0.3 is 7.12 Å². The third kappa shape index (κ3) is 3.87. The van der Waals surface area contributed by atoms with Gasteiger partial charge in [-0.25, -0.2) is 0 Å². The maximum Gasteiger partial charge on any atom is 0.491 e. The second-order valence-electron chi connectivity index (χ2n) is 6.61. The van der Waals surface area contributed by atoms with Gasteiger partial charge in [0.15, 0.2) is 0 Å². The number of thiol groups is 1. The lowest BCUT2D eigenvalue weighted by Crippen LogP contribution is -2.41. The predicted octanol–water partition coefficient (Wildman–Crippen LogP) is 3.65. The van der Waals surface area contributed by atoms with Crippen molar-refractivity contribution < 1.29 is 18.8 Å². The molecule has 126 valence electrons. The van der Waals surface area contributed by atoms with E-state index >= 15 is 0 Å². The van der Waals surface area contributed by atoms with Crippen molar-refractivity contribution in [1.82, 2.24) is 0 Å². The van der Waals surface area contributed by atoms with Crippen LogP contribution in [-0.2, 0) is 9.31 Å². The van der Waals surface area contributed by atoms with Crippen LogP contribution in [0.25, 0.3) is 6.08 Å². The van der Waals surface area contributed by atoms with Crippen LogP contribution in [0.3, 0.4) is 0 Å². The van der Waals surface area contributed by atoms with Crippen molar-refractivity contribution in [3.63, 3.8) is 0 Å². The summed E-state index contributed by atoms with van der Waals surface area (Å²) in [6, 6.07) is 5.72. The zero-order valence-electron chi connectivity index (χ0n) is 14.7. The second kappa shape index (κ2) is 6.79. The topological polar surface area (TPSA) is 36.9 Å². The molecule has 1 aliphatic heterocycles. The molecule has 0 saturated carbocycles. The van der Waals surface area contributed by atoms with E-state index in [1.165, 1.54) is 0 Å². The van der Waals surface area contributed by atoms with Crippen LogP contribution >= 0.6 is 12.6 Å². The van der Waals surface area contributed by atoms with Crippen LogP contribution in [0.15, 0.2) is 23.7 Å². The average molecular weight is 336 g/mol. The summed E-state index contributed by atoms with van der Waals surface area (Å²) in [4.78, 5) is 0. The lowest BCUT2D eigenvalue weighted by molar-refractivity contribution is 0.00578. The maximum absolute atomic E-state index is 6.10. The van der Waals surface area contributed by atoms with Crippen molar-refractivity contribution in [1.29, 1.82) is 0 Å². The predicted molar refractivity (Wildman–Crippen MR) is 97.5 cm³/mol. The van der Waals surface area contributed by atoms with Gasteiger partial charge in [-0.15, -0.1) is 0 Å². The lowest BCUT2D eigenvalue weighted by atomic mass is 9.78. The molecule has 23 heavy (non-hydrogen) atoms. The van der Waals surface area contributed by atoms with Crippen molar-refractivity contribution >= 4 is 25.8 Å². The Morgan fingerprint density at radius 3 is 1.91 bits per heavy atom. The molecular weight excluding hydrogens is 311 g/mol. The van der Waals surface area contributed by atoms with Gasteiger partial charge in [0.2, 0.25) is 0 Å². The molecule has 1 heterocycles. The molecule has 0 spiro atoms. The van der Waals surface area contributed by atoms with Gasteiger partial charge in [0.05, 0.1) is 25.4 Å². The van der Waals surface area contributed by atoms with E-state index in [0.29, 0.717) is 5.75 Å². The standard InChI is InChI=1S/C17H25BO4S/c1-16(2)17(3,4)22-18(21-16)13(11-23)7-12-8-14(19-5)10-15(9-12)20-6/h7-10,23H,11H2,1-6H3. The Balaban J connectivity index is 2.33. The molecule has 0 N–H and O–H groups in total. The molecule has 1 fully saturated rings. The van der Waals surface area contributed by atoms with Crippen LogP contribution in [0.2, 0.25) is 0 Å². The van der Waals surface area contributed by atoms with E-state index in [9.17, 15) is 0 Å². The van der Waals surface area contributed by atoms with Crippen molar-refractivity contribution in [2.75, 3.05) is 20.0 Å². The van der Waals surface area contributed by atoms with Crippen molar-refractivity contribution in [2.45, 2.75) is 38.9 Å². The van der Waals surface area contributed by atoms with Crippen molar-refractivity contribution in [3.05, 3.63) is 29.2 Å². The first-order valence-corrected chi connectivity index (χ1v) is 8.25. The summed E-state index contributed by atoms with van der Waals surface area (Å²) in [7, 11) is 2.86. The summed E-state index contributed by atoms with van der Waals surface area (Å²) >= 11 is 4.44. The van der Waals surface area contributed by atoms with E-state index in [2.05, 4.69) is 12.6 Å². The Bertz CT molecular complexity index is 560. The molecule has 6 heteroatoms. The van der Waals surface area contributed by atoms with Crippen molar-refractivity contribution in [3.8, 4) is 11.5 Å². The Morgan fingerprint density at radius 2 is 1.52 bits per heavy atom. The summed E-state index contributed by atoms with van der Waals surface area (Å²) in [5.74, 6) is 2.02. The minimum absolute atomic E-state index is 0.369. The largest absolute Gasteiger partial charge is 0.497 e. The van der Waals surface area contributed by atoms with Gasteiger partial charge in [-0.2, -0.15) is 12.6 Å². The molecule has 0 unspecified atom stereocenters. The van der Waals surface area contributed by atoms with E-state index in [0.717, 1.165) is 22.5 Å². The fourth-order valence-electron chi connectivity index (χ4n) is 2.31.